The van der Waals surface area contributed by atoms with Gasteiger partial charge < -0.3 is 5.32 Å². The van der Waals surface area contributed by atoms with Crippen LogP contribution in [0, 0.1) is 6.92 Å². The summed E-state index contributed by atoms with van der Waals surface area (Å²) >= 11 is 3.54. The number of urea groups is 1. The minimum Gasteiger partial charge on any atom is -0.337 e. The van der Waals surface area contributed by atoms with Crippen molar-refractivity contribution in [2.45, 2.75) is 22.5 Å². The van der Waals surface area contributed by atoms with Crippen molar-refractivity contribution in [2.24, 2.45) is 0 Å². The van der Waals surface area contributed by atoms with Gasteiger partial charge in [0, 0.05) is 27.8 Å². The van der Waals surface area contributed by atoms with Crippen LogP contribution in [-0.4, -0.2) is 18.3 Å². The number of amides is 2. The number of carbonyl (C=O) groups excluding carboxylic acids is 1. The second kappa shape index (κ2) is 8.76. The van der Waals surface area contributed by atoms with Gasteiger partial charge in [0.05, 0.1) is 11.4 Å². The van der Waals surface area contributed by atoms with Crippen LogP contribution in [0.25, 0.3) is 0 Å². The molecule has 1 N–H and O–H groups in total. The van der Waals surface area contributed by atoms with E-state index in [1.807, 2.05) is 48.2 Å². The minimum absolute atomic E-state index is 0.0730. The highest BCUT2D eigenvalue weighted by Gasteiger charge is 2.27. The second-order valence-corrected chi connectivity index (χ2v) is 8.83. The van der Waals surface area contributed by atoms with E-state index in [1.54, 1.807) is 16.7 Å². The standard InChI is InChI=1S/C23H22N2OS2/c1-17-10-12-18(13-11-17)16-27-15-14-24-23(26)25-19-6-2-4-8-21(19)28-22-9-5-3-7-20(22)25/h2-13H,14-16H2,1H3,(H,24,26). The number of benzene rings is 3. The van der Waals surface area contributed by atoms with Gasteiger partial charge in [-0.15, -0.1) is 0 Å². The van der Waals surface area contributed by atoms with Crippen LogP contribution in [0.5, 0.6) is 0 Å². The summed E-state index contributed by atoms with van der Waals surface area (Å²) in [5.74, 6) is 1.84. The summed E-state index contributed by atoms with van der Waals surface area (Å²) in [6.07, 6.45) is 0. The molecule has 0 saturated carbocycles. The highest BCUT2D eigenvalue weighted by Crippen LogP contribution is 2.47. The lowest BCUT2D eigenvalue weighted by molar-refractivity contribution is 0.249. The Hall–Kier alpha value is -2.37. The molecule has 0 aliphatic carbocycles. The molecular formula is C23H22N2OS2. The highest BCUT2D eigenvalue weighted by atomic mass is 32.2. The van der Waals surface area contributed by atoms with Crippen LogP contribution in [0.15, 0.2) is 82.6 Å². The number of anilines is 2. The van der Waals surface area contributed by atoms with Crippen LogP contribution in [0.2, 0.25) is 0 Å². The van der Waals surface area contributed by atoms with Gasteiger partial charge in [0.25, 0.3) is 0 Å². The van der Waals surface area contributed by atoms with E-state index in [0.29, 0.717) is 6.54 Å². The SMILES string of the molecule is Cc1ccc(CSCCNC(=O)N2c3ccccc3Sc3ccccc32)cc1. The van der Waals surface area contributed by atoms with E-state index < -0.39 is 0 Å². The zero-order valence-corrected chi connectivity index (χ0v) is 17.4. The Kier molecular flexibility index (Phi) is 5.93. The molecule has 4 rings (SSSR count). The molecule has 0 aromatic heterocycles. The molecule has 0 radical (unpaired) electrons. The van der Waals surface area contributed by atoms with Crippen LogP contribution in [0.1, 0.15) is 11.1 Å². The summed E-state index contributed by atoms with van der Waals surface area (Å²) in [6, 6.07) is 24.7. The summed E-state index contributed by atoms with van der Waals surface area (Å²) in [7, 11) is 0. The van der Waals surface area contributed by atoms with Gasteiger partial charge in [0.2, 0.25) is 0 Å². The normalized spacial score (nSPS) is 12.2. The van der Waals surface area contributed by atoms with Crippen molar-refractivity contribution in [1.82, 2.24) is 5.32 Å². The number of para-hydroxylation sites is 2. The average Bonchev–Trinajstić information content (AvgIpc) is 2.73. The number of fused-ring (bicyclic) bond motifs is 2. The monoisotopic (exact) mass is 406 g/mol. The minimum atomic E-state index is -0.0730. The zero-order valence-electron chi connectivity index (χ0n) is 15.7. The molecule has 2 amide bonds. The first-order chi connectivity index (χ1) is 13.7. The first kappa shape index (κ1) is 19.0. The average molecular weight is 407 g/mol. The largest absolute Gasteiger partial charge is 0.337 e. The third kappa shape index (κ3) is 4.21. The maximum atomic E-state index is 13.0. The van der Waals surface area contributed by atoms with Crippen molar-refractivity contribution in [3.05, 3.63) is 83.9 Å². The Balaban J connectivity index is 1.37. The second-order valence-electron chi connectivity index (χ2n) is 6.64. The van der Waals surface area contributed by atoms with Crippen molar-refractivity contribution < 1.29 is 4.79 Å². The van der Waals surface area contributed by atoms with Gasteiger partial charge in [0.1, 0.15) is 0 Å². The molecule has 1 aliphatic rings. The Bertz CT molecular complexity index is 927. The Morgan fingerprint density at radius 1 is 0.929 bits per heavy atom. The summed E-state index contributed by atoms with van der Waals surface area (Å²) in [5, 5.41) is 3.09. The fraction of sp³-hybridized carbons (Fsp3) is 0.174. The molecule has 0 saturated heterocycles. The number of nitrogens with one attached hydrogen (secondary N) is 1. The number of aryl methyl sites for hydroxylation is 1. The summed E-state index contributed by atoms with van der Waals surface area (Å²) in [4.78, 5) is 17.0. The van der Waals surface area contributed by atoms with Gasteiger partial charge in [-0.1, -0.05) is 65.9 Å². The van der Waals surface area contributed by atoms with Crippen LogP contribution in [0.3, 0.4) is 0 Å². The van der Waals surface area contributed by atoms with Crippen molar-refractivity contribution in [2.75, 3.05) is 17.2 Å². The summed E-state index contributed by atoms with van der Waals surface area (Å²) in [5.41, 5.74) is 4.48. The molecule has 1 aliphatic heterocycles. The van der Waals surface area contributed by atoms with E-state index in [4.69, 9.17) is 0 Å². The fourth-order valence-corrected chi connectivity index (χ4v) is 4.98. The molecule has 0 spiro atoms. The molecule has 0 bridgehead atoms. The van der Waals surface area contributed by atoms with Crippen molar-refractivity contribution in [3.63, 3.8) is 0 Å². The van der Waals surface area contributed by atoms with Gasteiger partial charge in [-0.05, 0) is 36.8 Å². The number of hydrogen-bond donors (Lipinski definition) is 1. The Morgan fingerprint density at radius 3 is 2.18 bits per heavy atom. The lowest BCUT2D eigenvalue weighted by Gasteiger charge is -2.31. The van der Waals surface area contributed by atoms with Crippen molar-refractivity contribution in [1.29, 1.82) is 0 Å². The number of carbonyl (C=O) groups is 1. The quantitative estimate of drug-likeness (QED) is 0.509. The van der Waals surface area contributed by atoms with E-state index in [0.717, 1.165) is 32.7 Å². The number of rotatable bonds is 5. The third-order valence-electron chi connectivity index (χ3n) is 4.55. The predicted molar refractivity (Wildman–Crippen MR) is 120 cm³/mol. The lowest BCUT2D eigenvalue weighted by Crippen LogP contribution is -2.39. The maximum Gasteiger partial charge on any atom is 0.326 e. The van der Waals surface area contributed by atoms with E-state index in [-0.39, 0.29) is 6.03 Å². The smallest absolute Gasteiger partial charge is 0.326 e. The highest BCUT2D eigenvalue weighted by molar-refractivity contribution is 7.99. The predicted octanol–water partition coefficient (Wildman–Crippen LogP) is 6.24. The van der Waals surface area contributed by atoms with Gasteiger partial charge in [-0.2, -0.15) is 11.8 Å². The van der Waals surface area contributed by atoms with Gasteiger partial charge in [0.15, 0.2) is 0 Å². The third-order valence-corrected chi connectivity index (χ3v) is 6.71. The first-order valence-corrected chi connectivity index (χ1v) is 11.3. The topological polar surface area (TPSA) is 32.3 Å². The Labute approximate surface area is 174 Å². The van der Waals surface area contributed by atoms with Crippen LogP contribution in [0.4, 0.5) is 16.2 Å². The van der Waals surface area contributed by atoms with E-state index >= 15 is 0 Å². The molecule has 0 atom stereocenters. The molecule has 1 heterocycles. The molecule has 3 nitrogen and oxygen atoms in total. The number of nitrogens with zero attached hydrogens (tertiary/aromatic N) is 1. The van der Waals surface area contributed by atoms with E-state index in [1.165, 1.54) is 11.1 Å². The fourth-order valence-electron chi connectivity index (χ4n) is 3.11. The van der Waals surface area contributed by atoms with Crippen molar-refractivity contribution >= 4 is 40.9 Å². The Morgan fingerprint density at radius 2 is 1.54 bits per heavy atom. The molecule has 0 unspecified atom stereocenters. The van der Waals surface area contributed by atoms with Gasteiger partial charge >= 0.3 is 6.03 Å². The zero-order chi connectivity index (χ0) is 19.3. The summed E-state index contributed by atoms with van der Waals surface area (Å²) < 4.78 is 0. The lowest BCUT2D eigenvalue weighted by atomic mass is 10.2. The van der Waals surface area contributed by atoms with Crippen molar-refractivity contribution in [3.8, 4) is 0 Å². The van der Waals surface area contributed by atoms with Gasteiger partial charge in [-0.25, -0.2) is 4.79 Å². The molecule has 5 heteroatoms. The number of hydrogen-bond acceptors (Lipinski definition) is 3. The van der Waals surface area contributed by atoms with Crippen LogP contribution < -0.4 is 10.2 Å². The molecule has 142 valence electrons. The van der Waals surface area contributed by atoms with E-state index in [9.17, 15) is 4.79 Å². The number of thioether (sulfide) groups is 1. The summed E-state index contributed by atoms with van der Waals surface area (Å²) in [6.45, 7) is 2.74. The van der Waals surface area contributed by atoms with Gasteiger partial charge in [-0.3, -0.25) is 4.90 Å². The van der Waals surface area contributed by atoms with Crippen LogP contribution in [-0.2, 0) is 5.75 Å². The first-order valence-electron chi connectivity index (χ1n) is 9.29. The van der Waals surface area contributed by atoms with E-state index in [2.05, 4.69) is 48.6 Å². The molecule has 0 fully saturated rings. The van der Waals surface area contributed by atoms with Crippen LogP contribution >= 0.6 is 23.5 Å². The molecule has 3 aromatic carbocycles. The molecule has 3 aromatic rings. The molecule has 28 heavy (non-hydrogen) atoms. The maximum absolute atomic E-state index is 13.0. The molecular weight excluding hydrogens is 384 g/mol.